The summed E-state index contributed by atoms with van der Waals surface area (Å²) in [7, 11) is 0. The Bertz CT molecular complexity index is 279. The van der Waals surface area contributed by atoms with Gasteiger partial charge in [0.15, 0.2) is 0 Å². The molecule has 1 atom stereocenters. The molecule has 0 bridgehead atoms. The normalized spacial score (nSPS) is 13.4. The summed E-state index contributed by atoms with van der Waals surface area (Å²) in [5.41, 5.74) is 6.78. The maximum atomic E-state index is 13.0. The molecule has 3 heteroatoms. The third-order valence-corrected chi connectivity index (χ3v) is 2.61. The van der Waals surface area contributed by atoms with Gasteiger partial charge in [0, 0.05) is 9.61 Å². The Hall–Kier alpha value is -0.160. The van der Waals surface area contributed by atoms with Crippen molar-refractivity contribution in [3.63, 3.8) is 0 Å². The molecule has 1 aromatic rings. The molecule has 0 amide bonds. The molecule has 0 unspecified atom stereocenters. The van der Waals surface area contributed by atoms with E-state index in [1.54, 1.807) is 0 Å². The van der Waals surface area contributed by atoms with Gasteiger partial charge in [0.05, 0.1) is 0 Å². The van der Waals surface area contributed by atoms with E-state index in [0.717, 1.165) is 9.13 Å². The van der Waals surface area contributed by atoms with Crippen LogP contribution in [0, 0.1) is 15.3 Å². The summed E-state index contributed by atoms with van der Waals surface area (Å²) in [6.45, 7) is 4.06. The quantitative estimate of drug-likeness (QED) is 0.833. The van der Waals surface area contributed by atoms with Gasteiger partial charge < -0.3 is 5.73 Å². The van der Waals surface area contributed by atoms with Crippen molar-refractivity contribution in [2.24, 2.45) is 11.7 Å². The first-order chi connectivity index (χ1) is 6.00. The van der Waals surface area contributed by atoms with E-state index in [9.17, 15) is 4.39 Å². The highest BCUT2D eigenvalue weighted by molar-refractivity contribution is 14.1. The summed E-state index contributed by atoms with van der Waals surface area (Å²) >= 11 is 2.09. The summed E-state index contributed by atoms with van der Waals surface area (Å²) < 4.78 is 13.9. The average Bonchev–Trinajstić information content (AvgIpc) is 2.01. The molecular formula is C10H13FIN. The van der Waals surface area contributed by atoms with E-state index >= 15 is 0 Å². The standard InChI is InChI=1S/C10H13FIN/c1-6(2)10(13)7-3-8(11)5-9(12)4-7/h3-6,10H,13H2,1-2H3/t10-/m1/s1. The lowest BCUT2D eigenvalue weighted by Crippen LogP contribution is -2.16. The van der Waals surface area contributed by atoms with E-state index in [0.29, 0.717) is 5.92 Å². The Kier molecular flexibility index (Phi) is 3.67. The molecule has 0 heterocycles. The zero-order chi connectivity index (χ0) is 10.0. The molecule has 2 N–H and O–H groups in total. The molecule has 0 aliphatic carbocycles. The van der Waals surface area contributed by atoms with E-state index in [1.807, 2.05) is 19.9 Å². The van der Waals surface area contributed by atoms with Crippen LogP contribution in [0.3, 0.4) is 0 Å². The van der Waals surface area contributed by atoms with Crippen LogP contribution >= 0.6 is 22.6 Å². The van der Waals surface area contributed by atoms with Gasteiger partial charge in [-0.2, -0.15) is 0 Å². The van der Waals surface area contributed by atoms with Crippen molar-refractivity contribution >= 4 is 22.6 Å². The Morgan fingerprint density at radius 2 is 1.92 bits per heavy atom. The van der Waals surface area contributed by atoms with E-state index in [4.69, 9.17) is 5.73 Å². The van der Waals surface area contributed by atoms with Gasteiger partial charge in [0.1, 0.15) is 5.82 Å². The second-order valence-corrected chi connectivity index (χ2v) is 4.72. The summed E-state index contributed by atoms with van der Waals surface area (Å²) in [6, 6.07) is 4.85. The molecule has 0 saturated carbocycles. The lowest BCUT2D eigenvalue weighted by atomic mass is 9.97. The molecule has 0 fully saturated rings. The number of rotatable bonds is 2. The molecule has 0 spiro atoms. The van der Waals surface area contributed by atoms with Crippen molar-refractivity contribution in [3.05, 3.63) is 33.1 Å². The predicted molar refractivity (Wildman–Crippen MR) is 60.9 cm³/mol. The third kappa shape index (κ3) is 2.91. The van der Waals surface area contributed by atoms with Crippen molar-refractivity contribution in [1.29, 1.82) is 0 Å². The van der Waals surface area contributed by atoms with Crippen molar-refractivity contribution < 1.29 is 4.39 Å². The summed E-state index contributed by atoms with van der Waals surface area (Å²) in [5, 5.41) is 0. The minimum Gasteiger partial charge on any atom is -0.324 e. The van der Waals surface area contributed by atoms with Crippen molar-refractivity contribution in [2.45, 2.75) is 19.9 Å². The summed E-state index contributed by atoms with van der Waals surface area (Å²) in [4.78, 5) is 0. The number of benzene rings is 1. The van der Waals surface area contributed by atoms with Crippen LogP contribution in [-0.2, 0) is 0 Å². The predicted octanol–water partition coefficient (Wildman–Crippen LogP) is 3.09. The van der Waals surface area contributed by atoms with Gasteiger partial charge in [-0.25, -0.2) is 4.39 Å². The van der Waals surface area contributed by atoms with Crippen molar-refractivity contribution in [1.82, 2.24) is 0 Å². The number of nitrogens with two attached hydrogens (primary N) is 1. The van der Waals surface area contributed by atoms with Gasteiger partial charge in [-0.3, -0.25) is 0 Å². The molecule has 13 heavy (non-hydrogen) atoms. The Morgan fingerprint density at radius 3 is 2.38 bits per heavy atom. The Morgan fingerprint density at radius 1 is 1.31 bits per heavy atom. The van der Waals surface area contributed by atoms with Gasteiger partial charge in [-0.15, -0.1) is 0 Å². The Labute approximate surface area is 91.7 Å². The molecule has 1 nitrogen and oxygen atoms in total. The van der Waals surface area contributed by atoms with Crippen molar-refractivity contribution in [3.8, 4) is 0 Å². The summed E-state index contributed by atoms with van der Waals surface area (Å²) in [5.74, 6) is 0.121. The van der Waals surface area contributed by atoms with E-state index in [2.05, 4.69) is 22.6 Å². The highest BCUT2D eigenvalue weighted by Crippen LogP contribution is 2.21. The molecule has 72 valence electrons. The second kappa shape index (κ2) is 4.37. The molecular weight excluding hydrogens is 280 g/mol. The largest absolute Gasteiger partial charge is 0.324 e. The van der Waals surface area contributed by atoms with Crippen LogP contribution in [0.25, 0.3) is 0 Å². The fourth-order valence-corrected chi connectivity index (χ4v) is 1.81. The van der Waals surface area contributed by atoms with Crippen LogP contribution in [-0.4, -0.2) is 0 Å². The maximum absolute atomic E-state index is 13.0. The van der Waals surface area contributed by atoms with Gasteiger partial charge in [-0.1, -0.05) is 13.8 Å². The number of hydrogen-bond acceptors (Lipinski definition) is 1. The Balaban J connectivity index is 3.01. The van der Waals surface area contributed by atoms with Gasteiger partial charge in [0.25, 0.3) is 0 Å². The molecule has 0 saturated heterocycles. The van der Waals surface area contributed by atoms with Crippen LogP contribution in [0.1, 0.15) is 25.5 Å². The lowest BCUT2D eigenvalue weighted by molar-refractivity contribution is 0.509. The maximum Gasteiger partial charge on any atom is 0.124 e. The average molecular weight is 293 g/mol. The first kappa shape index (κ1) is 10.9. The first-order valence-corrected chi connectivity index (χ1v) is 5.30. The zero-order valence-corrected chi connectivity index (χ0v) is 9.88. The van der Waals surface area contributed by atoms with Crippen LogP contribution in [0.2, 0.25) is 0 Å². The highest BCUT2D eigenvalue weighted by atomic mass is 127. The minimum atomic E-state index is -0.210. The first-order valence-electron chi connectivity index (χ1n) is 4.22. The fraction of sp³-hybridized carbons (Fsp3) is 0.400. The lowest BCUT2D eigenvalue weighted by Gasteiger charge is -2.16. The second-order valence-electron chi connectivity index (χ2n) is 3.47. The molecule has 1 aromatic carbocycles. The van der Waals surface area contributed by atoms with Crippen LogP contribution < -0.4 is 5.73 Å². The van der Waals surface area contributed by atoms with E-state index in [-0.39, 0.29) is 11.9 Å². The summed E-state index contributed by atoms with van der Waals surface area (Å²) in [6.07, 6.45) is 0. The van der Waals surface area contributed by atoms with E-state index < -0.39 is 0 Å². The van der Waals surface area contributed by atoms with Crippen molar-refractivity contribution in [2.75, 3.05) is 0 Å². The molecule has 0 aliphatic rings. The van der Waals surface area contributed by atoms with Gasteiger partial charge >= 0.3 is 0 Å². The number of hydrogen-bond donors (Lipinski definition) is 1. The molecule has 0 aliphatic heterocycles. The molecule has 0 aromatic heterocycles. The fourth-order valence-electron chi connectivity index (χ4n) is 1.15. The topological polar surface area (TPSA) is 26.0 Å². The van der Waals surface area contributed by atoms with Crippen LogP contribution in [0.4, 0.5) is 4.39 Å². The van der Waals surface area contributed by atoms with E-state index in [1.165, 1.54) is 12.1 Å². The highest BCUT2D eigenvalue weighted by Gasteiger charge is 2.11. The zero-order valence-electron chi connectivity index (χ0n) is 7.72. The van der Waals surface area contributed by atoms with Gasteiger partial charge in [0.2, 0.25) is 0 Å². The van der Waals surface area contributed by atoms with Crippen LogP contribution in [0.5, 0.6) is 0 Å². The minimum absolute atomic E-state index is 0.0794. The van der Waals surface area contributed by atoms with Crippen LogP contribution in [0.15, 0.2) is 18.2 Å². The monoisotopic (exact) mass is 293 g/mol. The third-order valence-electron chi connectivity index (χ3n) is 1.99. The molecule has 1 rings (SSSR count). The smallest absolute Gasteiger partial charge is 0.124 e. The van der Waals surface area contributed by atoms with Gasteiger partial charge in [-0.05, 0) is 52.3 Å². The SMILES string of the molecule is CC(C)[C@@H](N)c1cc(F)cc(I)c1. The molecule has 0 radical (unpaired) electrons. The number of halogens is 2.